The first-order valence-corrected chi connectivity index (χ1v) is 6.74. The molecule has 1 N–H and O–H groups in total. The van der Waals surface area contributed by atoms with Gasteiger partial charge < -0.3 is 9.84 Å². The Hall–Kier alpha value is -3.55. The fourth-order valence-electron chi connectivity index (χ4n) is 2.65. The number of phenols is 1. The molecule has 1 aliphatic rings. The van der Waals surface area contributed by atoms with Gasteiger partial charge in [-0.1, -0.05) is 12.1 Å². The van der Waals surface area contributed by atoms with Gasteiger partial charge in [0.25, 0.3) is 5.69 Å². The van der Waals surface area contributed by atoms with E-state index in [1.54, 1.807) is 0 Å². The molecule has 3 rings (SSSR count). The third kappa shape index (κ3) is 2.12. The highest BCUT2D eigenvalue weighted by Crippen LogP contribution is 2.40. The molecule has 0 bridgehead atoms. The van der Waals surface area contributed by atoms with Crippen molar-refractivity contribution in [3.63, 3.8) is 0 Å². The second-order valence-corrected chi connectivity index (χ2v) is 5.04. The number of fused-ring (bicyclic) bond motifs is 2. The summed E-state index contributed by atoms with van der Waals surface area (Å²) in [5.74, 6) is -3.07. The minimum atomic E-state index is -0.822. The van der Waals surface area contributed by atoms with Gasteiger partial charge in [0.15, 0.2) is 0 Å². The second-order valence-electron chi connectivity index (χ2n) is 5.04. The maximum absolute atomic E-state index is 12.7. The first kappa shape index (κ1) is 15.3. The highest BCUT2D eigenvalue weighted by Gasteiger charge is 2.39. The summed E-state index contributed by atoms with van der Waals surface area (Å²) in [6, 6.07) is 5.94. The SMILES string of the molecule is CC(=O)Oc1ccc([N+](=O)[O-])c2c1C(=O)c1c(O)cccc1C2=O. The Morgan fingerprint density at radius 2 is 1.79 bits per heavy atom. The van der Waals surface area contributed by atoms with E-state index in [0.29, 0.717) is 0 Å². The van der Waals surface area contributed by atoms with Gasteiger partial charge in [-0.25, -0.2) is 0 Å². The summed E-state index contributed by atoms with van der Waals surface area (Å²) >= 11 is 0. The zero-order valence-electron chi connectivity index (χ0n) is 12.2. The first-order valence-electron chi connectivity index (χ1n) is 6.74. The van der Waals surface area contributed by atoms with Crippen LogP contribution in [-0.4, -0.2) is 27.6 Å². The lowest BCUT2D eigenvalue weighted by atomic mass is 9.82. The predicted octanol–water partition coefficient (Wildman–Crippen LogP) is 2.00. The Balaban J connectivity index is 2.39. The van der Waals surface area contributed by atoms with Crippen molar-refractivity contribution in [3.8, 4) is 11.5 Å². The third-order valence-corrected chi connectivity index (χ3v) is 3.56. The second kappa shape index (κ2) is 5.27. The van der Waals surface area contributed by atoms with Gasteiger partial charge in [-0.05, 0) is 12.1 Å². The zero-order valence-corrected chi connectivity index (χ0v) is 12.2. The number of nitro benzene ring substituents is 1. The van der Waals surface area contributed by atoms with Crippen LogP contribution in [0.2, 0.25) is 0 Å². The molecule has 1 aliphatic carbocycles. The number of carbonyl (C=O) groups excluding carboxylic acids is 3. The Labute approximate surface area is 134 Å². The van der Waals surface area contributed by atoms with Crippen molar-refractivity contribution in [1.82, 2.24) is 0 Å². The number of rotatable bonds is 2. The van der Waals surface area contributed by atoms with Crippen LogP contribution in [0.15, 0.2) is 30.3 Å². The zero-order chi connectivity index (χ0) is 17.6. The highest BCUT2D eigenvalue weighted by molar-refractivity contribution is 6.31. The normalized spacial score (nSPS) is 12.4. The number of nitrogens with zero attached hydrogens (tertiary/aromatic N) is 1. The summed E-state index contributed by atoms with van der Waals surface area (Å²) in [7, 11) is 0. The Morgan fingerprint density at radius 3 is 2.42 bits per heavy atom. The number of carbonyl (C=O) groups is 3. The summed E-state index contributed by atoms with van der Waals surface area (Å²) < 4.78 is 4.90. The molecule has 24 heavy (non-hydrogen) atoms. The van der Waals surface area contributed by atoms with Crippen LogP contribution in [0.1, 0.15) is 38.8 Å². The molecular formula is C16H9NO7. The van der Waals surface area contributed by atoms with Crippen molar-refractivity contribution >= 4 is 23.2 Å². The molecule has 0 fully saturated rings. The van der Waals surface area contributed by atoms with Crippen molar-refractivity contribution in [2.75, 3.05) is 0 Å². The van der Waals surface area contributed by atoms with Crippen LogP contribution < -0.4 is 4.74 Å². The number of phenolic OH excluding ortho intramolecular Hbond substituents is 1. The molecule has 0 saturated heterocycles. The smallest absolute Gasteiger partial charge is 0.308 e. The van der Waals surface area contributed by atoms with Crippen LogP contribution in [0.25, 0.3) is 0 Å². The van der Waals surface area contributed by atoms with Crippen LogP contribution in [0.5, 0.6) is 11.5 Å². The lowest BCUT2D eigenvalue weighted by molar-refractivity contribution is -0.385. The van der Waals surface area contributed by atoms with E-state index in [-0.39, 0.29) is 16.9 Å². The molecule has 8 heteroatoms. The molecule has 0 heterocycles. The molecule has 0 radical (unpaired) electrons. The maximum Gasteiger partial charge on any atom is 0.308 e. The van der Waals surface area contributed by atoms with Gasteiger partial charge in [0.05, 0.1) is 16.1 Å². The monoisotopic (exact) mass is 327 g/mol. The number of nitro groups is 1. The molecule has 0 amide bonds. The lowest BCUT2D eigenvalue weighted by Gasteiger charge is -2.20. The van der Waals surface area contributed by atoms with Crippen molar-refractivity contribution < 1.29 is 29.2 Å². The van der Waals surface area contributed by atoms with E-state index in [2.05, 4.69) is 0 Å². The fraction of sp³-hybridized carbons (Fsp3) is 0.0625. The average molecular weight is 327 g/mol. The molecule has 0 unspecified atom stereocenters. The van der Waals surface area contributed by atoms with E-state index < -0.39 is 45.0 Å². The molecule has 2 aromatic carbocycles. The number of ether oxygens (including phenoxy) is 1. The molecule has 120 valence electrons. The molecule has 8 nitrogen and oxygen atoms in total. The van der Waals surface area contributed by atoms with Gasteiger partial charge in [-0.15, -0.1) is 0 Å². The summed E-state index contributed by atoms with van der Waals surface area (Å²) in [5.41, 5.74) is -1.85. The number of benzene rings is 2. The number of ketones is 2. The maximum atomic E-state index is 12.7. The molecule has 0 spiro atoms. The van der Waals surface area contributed by atoms with Gasteiger partial charge >= 0.3 is 5.97 Å². The van der Waals surface area contributed by atoms with Crippen LogP contribution >= 0.6 is 0 Å². The molecule has 0 aromatic heterocycles. The summed E-state index contributed by atoms with van der Waals surface area (Å²) in [6.07, 6.45) is 0. The van der Waals surface area contributed by atoms with E-state index in [4.69, 9.17) is 4.74 Å². The van der Waals surface area contributed by atoms with E-state index >= 15 is 0 Å². The largest absolute Gasteiger partial charge is 0.507 e. The molecule has 0 atom stereocenters. The number of hydrogen-bond donors (Lipinski definition) is 1. The van der Waals surface area contributed by atoms with Crippen LogP contribution in [0.3, 0.4) is 0 Å². The van der Waals surface area contributed by atoms with Gasteiger partial charge in [0.2, 0.25) is 11.6 Å². The van der Waals surface area contributed by atoms with Crippen LogP contribution in [0, 0.1) is 10.1 Å². The van der Waals surface area contributed by atoms with E-state index in [1.165, 1.54) is 18.2 Å². The number of aromatic hydroxyl groups is 1. The minimum Gasteiger partial charge on any atom is -0.507 e. The van der Waals surface area contributed by atoms with Crippen molar-refractivity contribution in [2.24, 2.45) is 0 Å². The minimum absolute atomic E-state index is 0.143. The van der Waals surface area contributed by atoms with E-state index in [9.17, 15) is 29.6 Å². The van der Waals surface area contributed by atoms with Gasteiger partial charge in [0.1, 0.15) is 17.1 Å². The summed E-state index contributed by atoms with van der Waals surface area (Å²) in [6.45, 7) is 1.09. The Bertz CT molecular complexity index is 946. The average Bonchev–Trinajstić information content (AvgIpc) is 2.51. The van der Waals surface area contributed by atoms with Gasteiger partial charge in [-0.3, -0.25) is 24.5 Å². The summed E-state index contributed by atoms with van der Waals surface area (Å²) in [4.78, 5) is 47.0. The standard InChI is InChI=1S/C16H9NO7/c1-7(18)24-11-6-5-9(17(22)23)13-14(11)16(21)12-8(15(13)20)3-2-4-10(12)19/h2-6,19H,1H3. The highest BCUT2D eigenvalue weighted by atomic mass is 16.6. The molecule has 2 aromatic rings. The van der Waals surface area contributed by atoms with Crippen molar-refractivity contribution in [1.29, 1.82) is 0 Å². The number of esters is 1. The molecule has 0 saturated carbocycles. The van der Waals surface area contributed by atoms with E-state index in [1.807, 2.05) is 0 Å². The van der Waals surface area contributed by atoms with Gasteiger partial charge in [-0.2, -0.15) is 0 Å². The quantitative estimate of drug-likeness (QED) is 0.330. The topological polar surface area (TPSA) is 124 Å². The van der Waals surface area contributed by atoms with Crippen molar-refractivity contribution in [2.45, 2.75) is 6.92 Å². The Morgan fingerprint density at radius 1 is 1.08 bits per heavy atom. The van der Waals surface area contributed by atoms with E-state index in [0.717, 1.165) is 19.1 Å². The predicted molar refractivity (Wildman–Crippen MR) is 79.4 cm³/mol. The van der Waals surface area contributed by atoms with Gasteiger partial charge in [0, 0.05) is 18.6 Å². The third-order valence-electron chi connectivity index (χ3n) is 3.56. The lowest BCUT2D eigenvalue weighted by Crippen LogP contribution is -2.24. The first-order chi connectivity index (χ1) is 11.3. The van der Waals surface area contributed by atoms with Crippen molar-refractivity contribution in [3.05, 3.63) is 62.7 Å². The summed E-state index contributed by atoms with van der Waals surface area (Å²) in [5, 5.41) is 21.1. The fourth-order valence-corrected chi connectivity index (χ4v) is 2.65. The molecule has 0 aliphatic heterocycles. The van der Waals surface area contributed by atoms with Crippen LogP contribution in [-0.2, 0) is 4.79 Å². The Kier molecular flexibility index (Phi) is 3.37. The van der Waals surface area contributed by atoms with Crippen LogP contribution in [0.4, 0.5) is 5.69 Å². The number of hydrogen-bond acceptors (Lipinski definition) is 7. The molecular weight excluding hydrogens is 318 g/mol.